The largest absolute Gasteiger partial charge is 0.351 e. The number of hydrogen-bond acceptors (Lipinski definition) is 2. The molecule has 20 heavy (non-hydrogen) atoms. The molecule has 2 aromatic carbocycles. The molecule has 1 unspecified atom stereocenters. The summed E-state index contributed by atoms with van der Waals surface area (Å²) in [5, 5.41) is 2.82. The fourth-order valence-corrected chi connectivity index (χ4v) is 2.10. The van der Waals surface area contributed by atoms with Gasteiger partial charge in [0.15, 0.2) is 0 Å². The predicted molar refractivity (Wildman–Crippen MR) is 78.2 cm³/mol. The molecule has 0 radical (unpaired) electrons. The van der Waals surface area contributed by atoms with Crippen molar-refractivity contribution in [3.63, 3.8) is 0 Å². The van der Waals surface area contributed by atoms with E-state index in [1.54, 1.807) is 12.1 Å². The second-order valence-corrected chi connectivity index (χ2v) is 4.66. The van der Waals surface area contributed by atoms with E-state index in [9.17, 15) is 9.59 Å². The second kappa shape index (κ2) is 6.66. The average Bonchev–Trinajstić information content (AvgIpc) is 2.47. The van der Waals surface area contributed by atoms with Gasteiger partial charge in [-0.15, -0.1) is 0 Å². The van der Waals surface area contributed by atoms with Gasteiger partial charge in [0, 0.05) is 6.54 Å². The first-order valence-corrected chi connectivity index (χ1v) is 6.55. The van der Waals surface area contributed by atoms with Crippen LogP contribution in [0.5, 0.6) is 0 Å². The van der Waals surface area contributed by atoms with E-state index >= 15 is 0 Å². The Morgan fingerprint density at radius 1 is 0.950 bits per heavy atom. The topological polar surface area (TPSA) is 46.2 Å². The molecule has 0 aliphatic rings. The molecule has 0 aliphatic heterocycles. The van der Waals surface area contributed by atoms with Crippen molar-refractivity contribution in [3.8, 4) is 0 Å². The highest BCUT2D eigenvalue weighted by molar-refractivity contribution is 6.05. The van der Waals surface area contributed by atoms with Gasteiger partial charge in [0.2, 0.25) is 5.91 Å². The van der Waals surface area contributed by atoms with Crippen LogP contribution in [0.4, 0.5) is 0 Å². The molecular formula is C17H17NO2. The third kappa shape index (κ3) is 3.54. The third-order valence-electron chi connectivity index (χ3n) is 3.11. The van der Waals surface area contributed by atoms with Crippen LogP contribution in [-0.2, 0) is 16.1 Å². The summed E-state index contributed by atoms with van der Waals surface area (Å²) in [7, 11) is 0. The number of nitrogens with one attached hydrogen (secondary N) is 1. The molecule has 1 N–H and O–H groups in total. The van der Waals surface area contributed by atoms with E-state index in [-0.39, 0.29) is 11.7 Å². The Hall–Kier alpha value is -2.42. The zero-order valence-electron chi connectivity index (χ0n) is 11.4. The van der Waals surface area contributed by atoms with Crippen molar-refractivity contribution in [3.05, 3.63) is 71.8 Å². The summed E-state index contributed by atoms with van der Waals surface area (Å²) in [6.45, 7) is 1.87. The number of benzene rings is 2. The lowest BCUT2D eigenvalue weighted by Gasteiger charge is -2.14. The molecule has 0 fully saturated rings. The molecule has 0 saturated heterocycles. The van der Waals surface area contributed by atoms with Gasteiger partial charge in [0.25, 0.3) is 0 Å². The van der Waals surface area contributed by atoms with Gasteiger partial charge in [0.05, 0.1) is 0 Å². The maximum Gasteiger partial charge on any atom is 0.235 e. The van der Waals surface area contributed by atoms with E-state index in [1.807, 2.05) is 48.5 Å². The zero-order chi connectivity index (χ0) is 14.4. The van der Waals surface area contributed by atoms with Gasteiger partial charge in [-0.05, 0) is 18.1 Å². The maximum atomic E-state index is 12.2. The summed E-state index contributed by atoms with van der Waals surface area (Å²) >= 11 is 0. The Morgan fingerprint density at radius 2 is 1.50 bits per heavy atom. The van der Waals surface area contributed by atoms with Crippen molar-refractivity contribution in [1.29, 1.82) is 0 Å². The van der Waals surface area contributed by atoms with Crippen LogP contribution < -0.4 is 5.32 Å². The summed E-state index contributed by atoms with van der Waals surface area (Å²) in [5.74, 6) is -1.14. The molecule has 0 bridgehead atoms. The van der Waals surface area contributed by atoms with Crippen molar-refractivity contribution < 1.29 is 9.59 Å². The molecule has 0 aliphatic carbocycles. The third-order valence-corrected chi connectivity index (χ3v) is 3.11. The SMILES string of the molecule is CC(=O)C(C(=O)NCc1ccccc1)c1ccccc1. The number of hydrogen-bond donors (Lipinski definition) is 1. The van der Waals surface area contributed by atoms with E-state index in [4.69, 9.17) is 0 Å². The van der Waals surface area contributed by atoms with E-state index in [0.29, 0.717) is 6.54 Å². The Kier molecular flexibility index (Phi) is 4.66. The molecular weight excluding hydrogens is 250 g/mol. The zero-order valence-corrected chi connectivity index (χ0v) is 11.4. The number of Topliss-reactive ketones (excluding diaryl/α,β-unsaturated/α-hetero) is 1. The predicted octanol–water partition coefficient (Wildman–Crippen LogP) is 2.68. The van der Waals surface area contributed by atoms with E-state index in [1.165, 1.54) is 6.92 Å². The standard InChI is InChI=1S/C17H17NO2/c1-13(19)16(15-10-6-3-7-11-15)17(20)18-12-14-8-4-2-5-9-14/h2-11,16H,12H2,1H3,(H,18,20). The van der Waals surface area contributed by atoms with Gasteiger partial charge in [0.1, 0.15) is 11.7 Å². The first-order valence-electron chi connectivity index (χ1n) is 6.55. The molecule has 2 rings (SSSR count). The Balaban J connectivity index is 2.07. The number of carbonyl (C=O) groups is 2. The van der Waals surface area contributed by atoms with E-state index in [2.05, 4.69) is 5.32 Å². The van der Waals surface area contributed by atoms with Crippen molar-refractivity contribution >= 4 is 11.7 Å². The van der Waals surface area contributed by atoms with Gasteiger partial charge >= 0.3 is 0 Å². The molecule has 1 atom stereocenters. The number of amides is 1. The lowest BCUT2D eigenvalue weighted by Crippen LogP contribution is -2.32. The van der Waals surface area contributed by atoms with Gasteiger partial charge in [-0.25, -0.2) is 0 Å². The molecule has 0 spiro atoms. The van der Waals surface area contributed by atoms with Crippen LogP contribution in [0.2, 0.25) is 0 Å². The lowest BCUT2D eigenvalue weighted by molar-refractivity contribution is -0.129. The summed E-state index contributed by atoms with van der Waals surface area (Å²) in [6, 6.07) is 18.8. The smallest absolute Gasteiger partial charge is 0.235 e. The molecule has 0 aromatic heterocycles. The molecule has 1 amide bonds. The quantitative estimate of drug-likeness (QED) is 0.847. The second-order valence-electron chi connectivity index (χ2n) is 4.66. The molecule has 3 heteroatoms. The van der Waals surface area contributed by atoms with Crippen molar-refractivity contribution in [1.82, 2.24) is 5.32 Å². The van der Waals surface area contributed by atoms with E-state index < -0.39 is 5.92 Å². The fourth-order valence-electron chi connectivity index (χ4n) is 2.10. The molecule has 0 saturated carbocycles. The minimum absolute atomic E-state index is 0.151. The van der Waals surface area contributed by atoms with Crippen molar-refractivity contribution in [2.45, 2.75) is 19.4 Å². The highest BCUT2D eigenvalue weighted by Crippen LogP contribution is 2.17. The number of rotatable bonds is 5. The summed E-state index contributed by atoms with van der Waals surface area (Å²) in [4.78, 5) is 24.0. The van der Waals surface area contributed by atoms with Crippen molar-refractivity contribution in [2.75, 3.05) is 0 Å². The highest BCUT2D eigenvalue weighted by atomic mass is 16.2. The monoisotopic (exact) mass is 267 g/mol. The maximum absolute atomic E-state index is 12.2. The summed E-state index contributed by atoms with van der Waals surface area (Å²) < 4.78 is 0. The van der Waals surface area contributed by atoms with Gasteiger partial charge in [-0.3, -0.25) is 9.59 Å². The van der Waals surface area contributed by atoms with E-state index in [0.717, 1.165) is 11.1 Å². The molecule has 2 aromatic rings. The van der Waals surface area contributed by atoms with Gasteiger partial charge < -0.3 is 5.32 Å². The van der Waals surface area contributed by atoms with Crippen LogP contribution in [0.3, 0.4) is 0 Å². The van der Waals surface area contributed by atoms with Crippen LogP contribution in [0.15, 0.2) is 60.7 Å². The number of ketones is 1. The fraction of sp³-hybridized carbons (Fsp3) is 0.176. The van der Waals surface area contributed by atoms with Crippen LogP contribution in [0, 0.1) is 0 Å². The molecule has 102 valence electrons. The van der Waals surface area contributed by atoms with Crippen LogP contribution in [-0.4, -0.2) is 11.7 Å². The van der Waals surface area contributed by atoms with Crippen molar-refractivity contribution in [2.24, 2.45) is 0 Å². The van der Waals surface area contributed by atoms with Crippen LogP contribution in [0.1, 0.15) is 24.0 Å². The Morgan fingerprint density at radius 3 is 2.05 bits per heavy atom. The minimum Gasteiger partial charge on any atom is -0.351 e. The van der Waals surface area contributed by atoms with Gasteiger partial charge in [-0.2, -0.15) is 0 Å². The van der Waals surface area contributed by atoms with Crippen LogP contribution >= 0.6 is 0 Å². The summed E-state index contributed by atoms with van der Waals surface area (Å²) in [6.07, 6.45) is 0. The number of carbonyl (C=O) groups excluding carboxylic acids is 2. The average molecular weight is 267 g/mol. The summed E-state index contributed by atoms with van der Waals surface area (Å²) in [5.41, 5.74) is 1.74. The van der Waals surface area contributed by atoms with Gasteiger partial charge in [-0.1, -0.05) is 60.7 Å². The lowest BCUT2D eigenvalue weighted by atomic mass is 9.94. The normalized spacial score (nSPS) is 11.7. The highest BCUT2D eigenvalue weighted by Gasteiger charge is 2.24. The Labute approximate surface area is 118 Å². The first kappa shape index (κ1) is 14.0. The molecule has 3 nitrogen and oxygen atoms in total. The van der Waals surface area contributed by atoms with Crippen LogP contribution in [0.25, 0.3) is 0 Å². The first-order chi connectivity index (χ1) is 9.68. The molecule has 0 heterocycles. The Bertz CT molecular complexity index is 578. The minimum atomic E-state index is -0.736.